The molecule has 132 valence electrons. The van der Waals surface area contributed by atoms with Crippen LogP contribution in [0.4, 0.5) is 14.9 Å². The first kappa shape index (κ1) is 17.0. The van der Waals surface area contributed by atoms with Crippen LogP contribution < -0.4 is 10.1 Å². The largest absolute Gasteiger partial charge is 0.487 e. The Morgan fingerprint density at radius 2 is 2.12 bits per heavy atom. The maximum Gasteiger partial charge on any atom is 0.322 e. The Labute approximate surface area is 142 Å². The van der Waals surface area contributed by atoms with Gasteiger partial charge in [-0.05, 0) is 57.9 Å². The smallest absolute Gasteiger partial charge is 0.322 e. The second-order valence-corrected chi connectivity index (χ2v) is 7.08. The summed E-state index contributed by atoms with van der Waals surface area (Å²) < 4.78 is 18.3. The van der Waals surface area contributed by atoms with Crippen LogP contribution in [0.25, 0.3) is 0 Å². The maximum absolute atomic E-state index is 12.8. The second kappa shape index (κ2) is 7.36. The van der Waals surface area contributed by atoms with Crippen molar-refractivity contribution in [1.29, 1.82) is 0 Å². The topological polar surface area (TPSA) is 54.5 Å². The van der Waals surface area contributed by atoms with Crippen LogP contribution in [-0.2, 0) is 0 Å². The molecule has 0 spiro atoms. The molecule has 3 heterocycles. The van der Waals surface area contributed by atoms with E-state index in [4.69, 9.17) is 4.74 Å². The Bertz CT molecular complexity index is 567. The summed E-state index contributed by atoms with van der Waals surface area (Å²) in [5.74, 6) is 0.998. The van der Waals surface area contributed by atoms with Gasteiger partial charge < -0.3 is 15.0 Å². The van der Waals surface area contributed by atoms with E-state index in [9.17, 15) is 9.18 Å². The maximum atomic E-state index is 12.8. The number of pyridine rings is 1. The number of nitrogens with zero attached hydrogens (tertiary/aromatic N) is 2. The number of urea groups is 1. The Kier molecular flexibility index (Phi) is 5.21. The fraction of sp³-hybridized carbons (Fsp3) is 0.667. The van der Waals surface area contributed by atoms with Crippen molar-refractivity contribution in [2.45, 2.75) is 64.1 Å². The van der Waals surface area contributed by atoms with Crippen molar-refractivity contribution in [2.24, 2.45) is 5.92 Å². The molecule has 6 heteroatoms. The van der Waals surface area contributed by atoms with E-state index in [-0.39, 0.29) is 30.9 Å². The van der Waals surface area contributed by atoms with Crippen molar-refractivity contribution in [2.75, 3.05) is 12.0 Å². The molecule has 3 rings (SSSR count). The van der Waals surface area contributed by atoms with Gasteiger partial charge in [-0.1, -0.05) is 0 Å². The lowest BCUT2D eigenvalue weighted by atomic mass is 9.89. The number of anilines is 1. The normalized spacial score (nSPS) is 25.8. The fourth-order valence-electron chi connectivity index (χ4n) is 4.02. The van der Waals surface area contributed by atoms with Crippen LogP contribution in [0.5, 0.6) is 5.75 Å². The average Bonchev–Trinajstić information content (AvgIpc) is 2.80. The Balaban J connectivity index is 1.68. The van der Waals surface area contributed by atoms with Gasteiger partial charge in [-0.25, -0.2) is 4.79 Å². The van der Waals surface area contributed by atoms with E-state index in [0.29, 0.717) is 23.8 Å². The number of carbonyl (C=O) groups is 1. The molecule has 2 atom stereocenters. The minimum absolute atomic E-state index is 0.0116. The Morgan fingerprint density at radius 3 is 2.75 bits per heavy atom. The lowest BCUT2D eigenvalue weighted by molar-refractivity contribution is 0.125. The number of halogens is 1. The van der Waals surface area contributed by atoms with Crippen LogP contribution >= 0.6 is 0 Å². The molecular weight excluding hydrogens is 309 g/mol. The van der Waals surface area contributed by atoms with Crippen LogP contribution in [0.1, 0.15) is 46.0 Å². The first-order valence-corrected chi connectivity index (χ1v) is 8.84. The SMILES string of the molecule is CC(C)Oc1cnccc1NC(=O)N1C2CCC1CC(CCF)C2. The third kappa shape index (κ3) is 3.62. The summed E-state index contributed by atoms with van der Waals surface area (Å²) >= 11 is 0. The molecule has 24 heavy (non-hydrogen) atoms. The van der Waals surface area contributed by atoms with Gasteiger partial charge in [0.15, 0.2) is 5.75 Å². The monoisotopic (exact) mass is 335 g/mol. The summed E-state index contributed by atoms with van der Waals surface area (Å²) in [6.07, 6.45) is 7.78. The lowest BCUT2D eigenvalue weighted by Gasteiger charge is -2.38. The third-order valence-corrected chi connectivity index (χ3v) is 4.97. The summed E-state index contributed by atoms with van der Waals surface area (Å²) in [6.45, 7) is 3.62. The van der Waals surface area contributed by atoms with Gasteiger partial charge in [-0.15, -0.1) is 0 Å². The summed E-state index contributed by atoms with van der Waals surface area (Å²) in [4.78, 5) is 18.8. The number of amides is 2. The third-order valence-electron chi connectivity index (χ3n) is 4.97. The van der Waals surface area contributed by atoms with E-state index >= 15 is 0 Å². The highest BCUT2D eigenvalue weighted by Crippen LogP contribution is 2.40. The number of alkyl halides is 1. The predicted octanol–water partition coefficient (Wildman–Crippen LogP) is 4.00. The number of fused-ring (bicyclic) bond motifs is 2. The summed E-state index contributed by atoms with van der Waals surface area (Å²) in [6, 6.07) is 2.14. The van der Waals surface area contributed by atoms with Gasteiger partial charge in [0.25, 0.3) is 0 Å². The number of rotatable bonds is 5. The Morgan fingerprint density at radius 1 is 1.42 bits per heavy atom. The molecular formula is C18H26FN3O2. The van der Waals surface area contributed by atoms with Gasteiger partial charge in [0.2, 0.25) is 0 Å². The van der Waals surface area contributed by atoms with Crippen molar-refractivity contribution in [1.82, 2.24) is 9.88 Å². The number of hydrogen-bond acceptors (Lipinski definition) is 3. The number of aromatic nitrogens is 1. The molecule has 0 radical (unpaired) electrons. The summed E-state index contributed by atoms with van der Waals surface area (Å²) in [7, 11) is 0. The molecule has 5 nitrogen and oxygen atoms in total. The van der Waals surface area contributed by atoms with E-state index in [2.05, 4.69) is 10.3 Å². The first-order chi connectivity index (χ1) is 11.6. The molecule has 1 aromatic rings. The zero-order valence-corrected chi connectivity index (χ0v) is 14.4. The molecule has 2 fully saturated rings. The van der Waals surface area contributed by atoms with Gasteiger partial charge >= 0.3 is 6.03 Å². The Hall–Kier alpha value is -1.85. The minimum atomic E-state index is -0.261. The minimum Gasteiger partial charge on any atom is -0.487 e. The molecule has 2 aliphatic rings. The van der Waals surface area contributed by atoms with Gasteiger partial charge in [0.05, 0.1) is 24.7 Å². The van der Waals surface area contributed by atoms with E-state index < -0.39 is 0 Å². The number of carbonyl (C=O) groups excluding carboxylic acids is 1. The average molecular weight is 335 g/mol. The van der Waals surface area contributed by atoms with Gasteiger partial charge in [0.1, 0.15) is 0 Å². The molecule has 0 aromatic carbocycles. The van der Waals surface area contributed by atoms with Crippen molar-refractivity contribution in [3.63, 3.8) is 0 Å². The molecule has 1 aromatic heterocycles. The van der Waals surface area contributed by atoms with Gasteiger partial charge in [0, 0.05) is 18.3 Å². The van der Waals surface area contributed by atoms with Crippen molar-refractivity contribution >= 4 is 11.7 Å². The van der Waals surface area contributed by atoms with Crippen LogP contribution in [0, 0.1) is 5.92 Å². The highest BCUT2D eigenvalue weighted by molar-refractivity contribution is 5.91. The zero-order chi connectivity index (χ0) is 17.1. The lowest BCUT2D eigenvalue weighted by Crippen LogP contribution is -2.48. The first-order valence-electron chi connectivity index (χ1n) is 8.84. The molecule has 2 aliphatic heterocycles. The zero-order valence-electron chi connectivity index (χ0n) is 14.4. The van der Waals surface area contributed by atoms with E-state index in [1.54, 1.807) is 18.5 Å². The van der Waals surface area contributed by atoms with Crippen molar-refractivity contribution in [3.05, 3.63) is 18.5 Å². The van der Waals surface area contributed by atoms with Crippen LogP contribution in [0.15, 0.2) is 18.5 Å². The molecule has 0 aliphatic carbocycles. The molecule has 2 unspecified atom stereocenters. The van der Waals surface area contributed by atoms with Gasteiger partial charge in [-0.2, -0.15) is 0 Å². The molecule has 2 amide bonds. The molecule has 1 N–H and O–H groups in total. The fourth-order valence-corrected chi connectivity index (χ4v) is 4.02. The van der Waals surface area contributed by atoms with Crippen molar-refractivity contribution in [3.8, 4) is 5.75 Å². The molecule has 2 saturated heterocycles. The van der Waals surface area contributed by atoms with Crippen molar-refractivity contribution < 1.29 is 13.9 Å². The van der Waals surface area contributed by atoms with Gasteiger partial charge in [-0.3, -0.25) is 9.37 Å². The predicted molar refractivity (Wildman–Crippen MR) is 91.0 cm³/mol. The number of piperidine rings is 1. The quantitative estimate of drug-likeness (QED) is 0.885. The van der Waals surface area contributed by atoms with E-state index in [1.807, 2.05) is 18.7 Å². The number of hydrogen-bond donors (Lipinski definition) is 1. The number of ether oxygens (including phenoxy) is 1. The second-order valence-electron chi connectivity index (χ2n) is 7.08. The number of nitrogens with one attached hydrogen (secondary N) is 1. The van der Waals surface area contributed by atoms with E-state index in [1.165, 1.54) is 0 Å². The molecule has 0 saturated carbocycles. The molecule has 2 bridgehead atoms. The standard InChI is InChI=1S/C18H26FN3O2/c1-12(2)24-17-11-20-8-6-16(17)21-18(23)22-14-3-4-15(22)10-13(9-14)5-7-19/h6,8,11-15H,3-5,7,9-10H2,1-2H3,(H,20,21,23). The summed E-state index contributed by atoms with van der Waals surface area (Å²) in [5.41, 5.74) is 0.647. The summed E-state index contributed by atoms with van der Waals surface area (Å²) in [5, 5.41) is 2.98. The van der Waals surface area contributed by atoms with E-state index in [0.717, 1.165) is 25.7 Å². The van der Waals surface area contributed by atoms with Crippen LogP contribution in [0.3, 0.4) is 0 Å². The van der Waals surface area contributed by atoms with Crippen LogP contribution in [0.2, 0.25) is 0 Å². The highest BCUT2D eigenvalue weighted by atomic mass is 19.1. The van der Waals surface area contributed by atoms with Crippen LogP contribution in [-0.4, -0.2) is 40.8 Å². The highest BCUT2D eigenvalue weighted by Gasteiger charge is 2.43.